The lowest BCUT2D eigenvalue weighted by Crippen LogP contribution is -2.40. The zero-order valence-electron chi connectivity index (χ0n) is 16.2. The highest BCUT2D eigenvalue weighted by Crippen LogP contribution is 2.26. The molecule has 144 valence electrons. The molecule has 0 radical (unpaired) electrons. The number of likely N-dealkylation sites (tertiary alicyclic amines) is 1. The number of anilines is 1. The maximum absolute atomic E-state index is 12.4. The van der Waals surface area contributed by atoms with Crippen LogP contribution in [-0.2, 0) is 9.53 Å². The molecular weight excluding hydrogens is 326 g/mol. The Kier molecular flexibility index (Phi) is 7.03. The summed E-state index contributed by atoms with van der Waals surface area (Å²) in [6.07, 6.45) is 9.26. The van der Waals surface area contributed by atoms with Gasteiger partial charge < -0.3 is 15.0 Å². The van der Waals surface area contributed by atoms with Crippen molar-refractivity contribution in [3.63, 3.8) is 0 Å². The van der Waals surface area contributed by atoms with E-state index in [9.17, 15) is 4.79 Å². The Bertz CT molecular complexity index is 567. The van der Waals surface area contributed by atoms with Crippen LogP contribution in [0.3, 0.4) is 0 Å². The fraction of sp³-hybridized carbons (Fsp3) is 0.714. The lowest BCUT2D eigenvalue weighted by Gasteiger charge is -2.33. The van der Waals surface area contributed by atoms with Gasteiger partial charge in [-0.25, -0.2) is 4.98 Å². The normalized spacial score (nSPS) is 25.2. The smallest absolute Gasteiger partial charge is 0.228 e. The van der Waals surface area contributed by atoms with Crippen molar-refractivity contribution < 1.29 is 9.53 Å². The fourth-order valence-corrected chi connectivity index (χ4v) is 4.05. The van der Waals surface area contributed by atoms with Gasteiger partial charge in [0.25, 0.3) is 0 Å². The summed E-state index contributed by atoms with van der Waals surface area (Å²) >= 11 is 0. The van der Waals surface area contributed by atoms with Crippen LogP contribution < -0.4 is 5.32 Å². The van der Waals surface area contributed by atoms with Gasteiger partial charge in [-0.15, -0.1) is 0 Å². The van der Waals surface area contributed by atoms with Gasteiger partial charge in [-0.1, -0.05) is 25.8 Å². The lowest BCUT2D eigenvalue weighted by atomic mass is 9.88. The van der Waals surface area contributed by atoms with Gasteiger partial charge >= 0.3 is 0 Å². The van der Waals surface area contributed by atoms with Gasteiger partial charge in [0.15, 0.2) is 0 Å². The highest BCUT2D eigenvalue weighted by molar-refractivity contribution is 5.91. The van der Waals surface area contributed by atoms with Crippen LogP contribution in [0.1, 0.15) is 51.0 Å². The highest BCUT2D eigenvalue weighted by atomic mass is 16.5. The zero-order chi connectivity index (χ0) is 18.4. The van der Waals surface area contributed by atoms with Gasteiger partial charge in [0, 0.05) is 18.7 Å². The first kappa shape index (κ1) is 19.3. The van der Waals surface area contributed by atoms with Crippen LogP contribution in [0.15, 0.2) is 18.3 Å². The standard InChI is InChI=1S/C21H33N3O2/c1-16-7-8-20(22-15-16)23-21(25)18-9-11-24(12-10-18)13-14-26-19-6-4-3-5-17(19)2/h7-8,15,17-19H,3-6,9-14H2,1-2H3,(H,22,23,25). The second-order valence-corrected chi connectivity index (χ2v) is 8.00. The topological polar surface area (TPSA) is 54.5 Å². The largest absolute Gasteiger partial charge is 0.377 e. The first-order chi connectivity index (χ1) is 12.6. The number of rotatable bonds is 6. The van der Waals surface area contributed by atoms with Crippen molar-refractivity contribution in [1.82, 2.24) is 9.88 Å². The van der Waals surface area contributed by atoms with Crippen molar-refractivity contribution in [3.05, 3.63) is 23.9 Å². The van der Waals surface area contributed by atoms with Crippen molar-refractivity contribution in [2.45, 2.75) is 58.5 Å². The third-order valence-corrected chi connectivity index (χ3v) is 5.89. The van der Waals surface area contributed by atoms with Gasteiger partial charge in [-0.2, -0.15) is 0 Å². The molecule has 2 atom stereocenters. The predicted molar refractivity (Wildman–Crippen MR) is 104 cm³/mol. The molecule has 0 aromatic carbocycles. The minimum Gasteiger partial charge on any atom is -0.377 e. The zero-order valence-corrected chi connectivity index (χ0v) is 16.2. The number of pyridine rings is 1. The molecule has 26 heavy (non-hydrogen) atoms. The van der Waals surface area contributed by atoms with Crippen LogP contribution in [-0.4, -0.2) is 48.1 Å². The number of ether oxygens (including phenoxy) is 1. The van der Waals surface area contributed by atoms with Crippen molar-refractivity contribution >= 4 is 11.7 Å². The number of carbonyl (C=O) groups excluding carboxylic acids is 1. The molecule has 1 amide bonds. The van der Waals surface area contributed by atoms with Gasteiger partial charge in [0.1, 0.15) is 5.82 Å². The van der Waals surface area contributed by atoms with E-state index in [-0.39, 0.29) is 11.8 Å². The average Bonchev–Trinajstić information content (AvgIpc) is 2.66. The maximum Gasteiger partial charge on any atom is 0.228 e. The Balaban J connectivity index is 1.34. The van der Waals surface area contributed by atoms with Crippen molar-refractivity contribution in [2.24, 2.45) is 11.8 Å². The number of carbonyl (C=O) groups is 1. The van der Waals surface area contributed by atoms with Gasteiger partial charge in [0.2, 0.25) is 5.91 Å². The van der Waals surface area contributed by atoms with Crippen LogP contribution in [0.4, 0.5) is 5.82 Å². The molecule has 2 aliphatic rings. The fourth-order valence-electron chi connectivity index (χ4n) is 4.05. The van der Waals surface area contributed by atoms with E-state index in [0.717, 1.165) is 44.6 Å². The molecule has 1 saturated heterocycles. The summed E-state index contributed by atoms with van der Waals surface area (Å²) in [5.41, 5.74) is 1.10. The number of amides is 1. The Hall–Kier alpha value is -1.46. The molecule has 0 spiro atoms. The van der Waals surface area contributed by atoms with Gasteiger partial charge in [-0.05, 0) is 63.2 Å². The molecular formula is C21H33N3O2. The van der Waals surface area contributed by atoms with Crippen molar-refractivity contribution in [3.8, 4) is 0 Å². The van der Waals surface area contributed by atoms with E-state index in [1.807, 2.05) is 19.1 Å². The number of nitrogens with zero attached hydrogens (tertiary/aromatic N) is 2. The summed E-state index contributed by atoms with van der Waals surface area (Å²) in [4.78, 5) is 19.1. The third-order valence-electron chi connectivity index (χ3n) is 5.89. The number of piperidine rings is 1. The number of aryl methyl sites for hydroxylation is 1. The first-order valence-electron chi connectivity index (χ1n) is 10.2. The Labute approximate surface area is 157 Å². The SMILES string of the molecule is Cc1ccc(NC(=O)C2CCN(CCOC3CCCCC3C)CC2)nc1. The molecule has 3 rings (SSSR count). The van der Waals surface area contributed by atoms with Crippen LogP contribution in [0.5, 0.6) is 0 Å². The van der Waals surface area contributed by atoms with E-state index in [2.05, 4.69) is 22.1 Å². The van der Waals surface area contributed by atoms with E-state index in [1.165, 1.54) is 25.7 Å². The minimum absolute atomic E-state index is 0.0913. The van der Waals surface area contributed by atoms with Crippen LogP contribution in [0.25, 0.3) is 0 Å². The molecule has 1 saturated carbocycles. The Morgan fingerprint density at radius 2 is 2.00 bits per heavy atom. The van der Waals surface area contributed by atoms with E-state index in [1.54, 1.807) is 6.20 Å². The quantitative estimate of drug-likeness (QED) is 0.843. The Morgan fingerprint density at radius 3 is 2.69 bits per heavy atom. The molecule has 2 heterocycles. The number of hydrogen-bond acceptors (Lipinski definition) is 4. The summed E-state index contributed by atoms with van der Waals surface area (Å²) in [6, 6.07) is 3.84. The van der Waals surface area contributed by atoms with E-state index in [4.69, 9.17) is 4.74 Å². The van der Waals surface area contributed by atoms with Gasteiger partial charge in [0.05, 0.1) is 12.7 Å². The second kappa shape index (κ2) is 9.47. The Morgan fingerprint density at radius 1 is 1.23 bits per heavy atom. The van der Waals surface area contributed by atoms with Crippen LogP contribution in [0.2, 0.25) is 0 Å². The average molecular weight is 360 g/mol. The molecule has 5 nitrogen and oxygen atoms in total. The number of aromatic nitrogens is 1. The summed E-state index contributed by atoms with van der Waals surface area (Å²) < 4.78 is 6.13. The molecule has 1 aromatic rings. The summed E-state index contributed by atoms with van der Waals surface area (Å²) in [5, 5.41) is 2.95. The van der Waals surface area contributed by atoms with E-state index < -0.39 is 0 Å². The molecule has 2 fully saturated rings. The van der Waals surface area contributed by atoms with E-state index in [0.29, 0.717) is 17.8 Å². The summed E-state index contributed by atoms with van der Waals surface area (Å²) in [6.45, 7) is 8.06. The first-order valence-corrected chi connectivity index (χ1v) is 10.2. The second-order valence-electron chi connectivity index (χ2n) is 8.00. The van der Waals surface area contributed by atoms with E-state index >= 15 is 0 Å². The van der Waals surface area contributed by atoms with Crippen LogP contribution in [0, 0.1) is 18.8 Å². The van der Waals surface area contributed by atoms with Crippen LogP contribution >= 0.6 is 0 Å². The third kappa shape index (κ3) is 5.52. The van der Waals surface area contributed by atoms with Crippen molar-refractivity contribution in [2.75, 3.05) is 31.6 Å². The molecule has 1 aliphatic heterocycles. The molecule has 1 aromatic heterocycles. The molecule has 0 bridgehead atoms. The molecule has 1 aliphatic carbocycles. The lowest BCUT2D eigenvalue weighted by molar-refractivity contribution is -0.121. The number of nitrogens with one attached hydrogen (secondary N) is 1. The maximum atomic E-state index is 12.4. The molecule has 2 unspecified atom stereocenters. The highest BCUT2D eigenvalue weighted by Gasteiger charge is 2.26. The minimum atomic E-state index is 0.0913. The molecule has 5 heteroatoms. The summed E-state index contributed by atoms with van der Waals surface area (Å²) in [5.74, 6) is 1.55. The number of hydrogen-bond donors (Lipinski definition) is 1. The molecule has 1 N–H and O–H groups in total. The van der Waals surface area contributed by atoms with Gasteiger partial charge in [-0.3, -0.25) is 4.79 Å². The van der Waals surface area contributed by atoms with Crippen molar-refractivity contribution in [1.29, 1.82) is 0 Å². The monoisotopic (exact) mass is 359 g/mol. The summed E-state index contributed by atoms with van der Waals surface area (Å²) in [7, 11) is 0. The predicted octanol–water partition coefficient (Wildman–Crippen LogP) is 3.64.